The molecule has 0 aliphatic carbocycles. The predicted octanol–water partition coefficient (Wildman–Crippen LogP) is 4.02. The van der Waals surface area contributed by atoms with Gasteiger partial charge in [0.15, 0.2) is 0 Å². The molecule has 2 aliphatic rings. The number of hydrogen-bond donors (Lipinski definition) is 4. The van der Waals surface area contributed by atoms with E-state index < -0.39 is 157 Å². The summed E-state index contributed by atoms with van der Waals surface area (Å²) < 4.78 is 0. The van der Waals surface area contributed by atoms with Gasteiger partial charge in [0.05, 0.1) is 26.1 Å². The van der Waals surface area contributed by atoms with E-state index >= 15 is 24.0 Å². The Morgan fingerprint density at radius 1 is 0.500 bits per heavy atom. The topological polar surface area (TPSA) is 279 Å². The molecule has 530 valence electrons. The van der Waals surface area contributed by atoms with Gasteiger partial charge in [0, 0.05) is 97.6 Å². The summed E-state index contributed by atoms with van der Waals surface area (Å²) >= 11 is 12.7. The zero-order valence-corrected chi connectivity index (χ0v) is 59.8. The highest BCUT2D eigenvalue weighted by Gasteiger charge is 2.42. The fraction of sp³-hybridized carbons (Fsp3) is 0.500. The maximum Gasteiger partial charge on any atom is 0.246 e. The summed E-state index contributed by atoms with van der Waals surface area (Å²) in [6.45, 7) is 8.97. The highest BCUT2D eigenvalue weighted by molar-refractivity contribution is 6.31. The van der Waals surface area contributed by atoms with E-state index in [0.29, 0.717) is 64.7 Å². The first-order chi connectivity index (χ1) is 46.4. The number of nitrogens with one attached hydrogen (secondary N) is 4. The average molecular weight is 1390 g/mol. The normalized spacial score (nSPS) is 23.4. The van der Waals surface area contributed by atoms with Gasteiger partial charge < -0.3 is 60.5 Å². The van der Waals surface area contributed by atoms with Gasteiger partial charge in [-0.3, -0.25) is 57.5 Å². The smallest absolute Gasteiger partial charge is 0.246 e. The molecule has 0 saturated carbocycles. The van der Waals surface area contributed by atoms with Crippen LogP contribution in [0.5, 0.6) is 0 Å². The van der Waals surface area contributed by atoms with Crippen LogP contribution in [0.15, 0.2) is 109 Å². The minimum Gasteiger partial charge on any atom is -0.342 e. The minimum atomic E-state index is -1.48. The number of carbonyl (C=O) groups excluding carboxylic acids is 12. The van der Waals surface area contributed by atoms with Gasteiger partial charge in [0.2, 0.25) is 70.9 Å². The second-order valence-corrected chi connectivity index (χ2v) is 26.9. The van der Waals surface area contributed by atoms with E-state index in [4.69, 9.17) is 23.2 Å². The van der Waals surface area contributed by atoms with Crippen LogP contribution in [0.25, 0.3) is 0 Å². The second kappa shape index (κ2) is 36.6. The summed E-state index contributed by atoms with van der Waals surface area (Å²) in [5, 5.41) is 12.0. The third-order valence-electron chi connectivity index (χ3n) is 18.5. The summed E-state index contributed by atoms with van der Waals surface area (Å²) in [7, 11) is 8.31. The number of likely N-dealkylation sites (tertiary alicyclic amines) is 1. The van der Waals surface area contributed by atoms with Gasteiger partial charge in [-0.1, -0.05) is 142 Å². The third kappa shape index (κ3) is 21.3. The van der Waals surface area contributed by atoms with Crippen LogP contribution in [0.2, 0.25) is 10.0 Å². The zero-order chi connectivity index (χ0) is 72.2. The van der Waals surface area contributed by atoms with Gasteiger partial charge in [0.1, 0.15) is 48.3 Å². The standard InChI is InChI=1S/C72H96Cl2N12O12/c1-13-46(5)63-72(98)80(8)43-61(89)79(7)44-62(90)82(10)58(40-50-30-32-52(73)33-31-50)71(97)85(14-2)42-59(87)75-54(38-51-28-23-29-53(74)36-51)66(92)76-55(37-48-24-17-15-18-25-48)68(94)83(11)57(39-49-26-19-16-20-27-49)70(96)84(12)64(45(3)4)67(93)77-56(69(95)86-34-21-22-35-86)41-60(88)81(9)47(6)65(91)78-63/h15-20,23-33,36,45-47,54-58,63-64H,13-14,21-22,34-35,37-44H2,1-12H3,(H,75,87)(H,76,92)(H,77,93)(H,78,91)/t46-,47-,54-,55-,56-,57-,58-,63-,64-/m0/s1. The number of halogens is 2. The largest absolute Gasteiger partial charge is 0.342 e. The van der Waals surface area contributed by atoms with Crippen LogP contribution in [0.1, 0.15) is 89.5 Å². The van der Waals surface area contributed by atoms with Gasteiger partial charge in [-0.25, -0.2) is 0 Å². The molecule has 2 fully saturated rings. The van der Waals surface area contributed by atoms with Gasteiger partial charge >= 0.3 is 0 Å². The van der Waals surface area contributed by atoms with Crippen LogP contribution in [0.4, 0.5) is 0 Å². The number of benzene rings is 4. The molecule has 0 spiro atoms. The molecule has 98 heavy (non-hydrogen) atoms. The SMILES string of the molecule is CC[C@H](C)[C@@H]1NC(=O)[C@H](C)N(C)C(=O)C[C@@H](C(=O)N2CCCC2)NC(=O)[C@H](C(C)C)N(C)C(=O)[C@H](Cc2ccccc2)N(C)C(=O)[C@H](Cc2ccccc2)NC(=O)[C@H](Cc2cccc(Cl)c2)NC(=O)CN(CC)C(=O)[C@H](Cc2ccc(Cl)cc2)N(C)C(=O)CN(C)C(=O)CN(C)C1=O. The van der Waals surface area contributed by atoms with Gasteiger partial charge in [0.25, 0.3) is 0 Å². The third-order valence-corrected chi connectivity index (χ3v) is 19.0. The van der Waals surface area contributed by atoms with E-state index in [0.717, 1.165) is 14.7 Å². The number of rotatable bonds is 13. The van der Waals surface area contributed by atoms with Crippen molar-refractivity contribution < 1.29 is 57.5 Å². The lowest BCUT2D eigenvalue weighted by molar-refractivity contribution is -0.150. The molecule has 4 aromatic rings. The molecule has 0 unspecified atom stereocenters. The molecule has 4 aromatic carbocycles. The number of likely N-dealkylation sites (N-methyl/N-ethyl adjacent to an activating group) is 7. The Balaban J connectivity index is 1.46. The monoisotopic (exact) mass is 1390 g/mol. The van der Waals surface area contributed by atoms with Crippen molar-refractivity contribution in [3.8, 4) is 0 Å². The van der Waals surface area contributed by atoms with Crippen LogP contribution in [-0.4, -0.2) is 240 Å². The first-order valence-corrected chi connectivity index (χ1v) is 34.1. The Kier molecular flexibility index (Phi) is 29.2. The maximum atomic E-state index is 15.6. The summed E-state index contributed by atoms with van der Waals surface area (Å²) in [4.78, 5) is 187. The Bertz CT molecular complexity index is 3470. The lowest BCUT2D eigenvalue weighted by atomic mass is 9.97. The lowest BCUT2D eigenvalue weighted by Crippen LogP contribution is -2.61. The number of hydrogen-bond acceptors (Lipinski definition) is 12. The summed E-state index contributed by atoms with van der Waals surface area (Å²) in [5.41, 5.74) is 2.38. The van der Waals surface area contributed by atoms with Crippen LogP contribution >= 0.6 is 23.2 Å². The molecule has 0 bridgehead atoms. The van der Waals surface area contributed by atoms with Crippen LogP contribution in [-0.2, 0) is 83.2 Å². The van der Waals surface area contributed by atoms with E-state index in [1.54, 1.807) is 142 Å². The number of nitrogens with zero attached hydrogens (tertiary/aromatic N) is 8. The quantitative estimate of drug-likeness (QED) is 0.148. The Hall–Kier alpha value is -8.90. The van der Waals surface area contributed by atoms with E-state index in [2.05, 4.69) is 21.3 Å². The summed E-state index contributed by atoms with van der Waals surface area (Å²) in [5.74, 6) is -9.61. The number of amides is 12. The summed E-state index contributed by atoms with van der Waals surface area (Å²) in [6, 6.07) is 20.2. The van der Waals surface area contributed by atoms with E-state index in [1.165, 1.54) is 68.8 Å². The fourth-order valence-electron chi connectivity index (χ4n) is 12.1. The maximum absolute atomic E-state index is 15.6. The number of carbonyl (C=O) groups is 12. The molecular formula is C72H96Cl2N12O12. The Morgan fingerprint density at radius 3 is 1.62 bits per heavy atom. The van der Waals surface area contributed by atoms with Crippen molar-refractivity contribution in [1.29, 1.82) is 0 Å². The Morgan fingerprint density at radius 2 is 1.05 bits per heavy atom. The van der Waals surface area contributed by atoms with Crippen molar-refractivity contribution in [3.63, 3.8) is 0 Å². The van der Waals surface area contributed by atoms with Crippen molar-refractivity contribution in [2.45, 2.75) is 141 Å². The molecular weight excluding hydrogens is 1300 g/mol. The molecule has 12 amide bonds. The highest BCUT2D eigenvalue weighted by atomic mass is 35.5. The molecule has 4 N–H and O–H groups in total. The zero-order valence-electron chi connectivity index (χ0n) is 58.3. The molecule has 2 heterocycles. The van der Waals surface area contributed by atoms with Gasteiger partial charge in [-0.2, -0.15) is 0 Å². The van der Waals surface area contributed by atoms with Gasteiger partial charge in [-0.05, 0) is 85.0 Å². The minimum absolute atomic E-state index is 0.0549. The average Bonchev–Trinajstić information content (AvgIpc) is 0.854. The van der Waals surface area contributed by atoms with Crippen molar-refractivity contribution in [3.05, 3.63) is 141 Å². The van der Waals surface area contributed by atoms with Crippen molar-refractivity contribution in [1.82, 2.24) is 60.5 Å². The predicted molar refractivity (Wildman–Crippen MR) is 372 cm³/mol. The van der Waals surface area contributed by atoms with Crippen molar-refractivity contribution in [2.24, 2.45) is 11.8 Å². The van der Waals surface area contributed by atoms with Crippen LogP contribution in [0, 0.1) is 11.8 Å². The molecule has 2 saturated heterocycles. The van der Waals surface area contributed by atoms with Crippen LogP contribution in [0.3, 0.4) is 0 Å². The fourth-order valence-corrected chi connectivity index (χ4v) is 12.4. The van der Waals surface area contributed by atoms with Crippen LogP contribution < -0.4 is 21.3 Å². The van der Waals surface area contributed by atoms with Crippen molar-refractivity contribution in [2.75, 3.05) is 81.6 Å². The van der Waals surface area contributed by atoms with Gasteiger partial charge in [-0.15, -0.1) is 0 Å². The molecule has 26 heteroatoms. The molecule has 0 radical (unpaired) electrons. The second-order valence-electron chi connectivity index (χ2n) is 26.0. The first-order valence-electron chi connectivity index (χ1n) is 33.3. The molecule has 24 nitrogen and oxygen atoms in total. The lowest BCUT2D eigenvalue weighted by Gasteiger charge is -2.38. The molecule has 0 aromatic heterocycles. The molecule has 9 atom stereocenters. The van der Waals surface area contributed by atoms with E-state index in [9.17, 15) is 33.6 Å². The highest BCUT2D eigenvalue weighted by Crippen LogP contribution is 2.23. The molecule has 6 rings (SSSR count). The van der Waals surface area contributed by atoms with E-state index in [1.807, 2.05) is 6.92 Å². The van der Waals surface area contributed by atoms with E-state index in [-0.39, 0.29) is 32.2 Å². The first kappa shape index (κ1) is 78.1. The summed E-state index contributed by atoms with van der Waals surface area (Å²) in [6.07, 6.45) is 0.746. The molecule has 2 aliphatic heterocycles. The van der Waals surface area contributed by atoms with Crippen molar-refractivity contribution >= 4 is 94.1 Å². The Labute approximate surface area is 585 Å².